The summed E-state index contributed by atoms with van der Waals surface area (Å²) in [5.74, 6) is 1.02. The van der Waals surface area contributed by atoms with Crippen molar-refractivity contribution < 1.29 is 19.1 Å². The van der Waals surface area contributed by atoms with Crippen LogP contribution in [0.25, 0.3) is 0 Å². The van der Waals surface area contributed by atoms with Gasteiger partial charge in [-0.25, -0.2) is 4.79 Å². The Hall–Kier alpha value is -2.61. The average molecular weight is 457 g/mol. The number of ether oxygens (including phenoxy) is 1. The fourth-order valence-electron chi connectivity index (χ4n) is 5.54. The topological polar surface area (TPSA) is 82.2 Å². The predicted octanol–water partition coefficient (Wildman–Crippen LogP) is 2.62. The van der Waals surface area contributed by atoms with Crippen LogP contribution in [0.5, 0.6) is 5.75 Å². The number of imide groups is 1. The van der Waals surface area contributed by atoms with E-state index in [0.29, 0.717) is 18.4 Å². The van der Waals surface area contributed by atoms with Gasteiger partial charge in [-0.15, -0.1) is 0 Å². The fraction of sp³-hybridized carbons (Fsp3) is 0.640. The number of hydrogen-bond donors (Lipinski definition) is 1. The van der Waals surface area contributed by atoms with E-state index in [1.165, 1.54) is 50.1 Å². The smallest absolute Gasteiger partial charge is 0.325 e. The first-order valence-corrected chi connectivity index (χ1v) is 12.2. The summed E-state index contributed by atoms with van der Waals surface area (Å²) in [6.07, 6.45) is 6.77. The minimum Gasteiger partial charge on any atom is -0.497 e. The Bertz CT molecular complexity index is 856. The molecule has 3 unspecified atom stereocenters. The van der Waals surface area contributed by atoms with Crippen LogP contribution in [0.1, 0.15) is 50.5 Å². The van der Waals surface area contributed by atoms with Crippen LogP contribution in [0.3, 0.4) is 0 Å². The normalized spacial score (nSPS) is 25.5. The van der Waals surface area contributed by atoms with Crippen LogP contribution < -0.4 is 10.1 Å². The van der Waals surface area contributed by atoms with Crippen LogP contribution in [0.4, 0.5) is 4.79 Å². The van der Waals surface area contributed by atoms with Gasteiger partial charge in [-0.3, -0.25) is 14.5 Å². The number of methoxy groups -OCH3 is 1. The number of nitrogens with one attached hydrogen (secondary N) is 1. The van der Waals surface area contributed by atoms with Gasteiger partial charge in [0, 0.05) is 26.1 Å². The summed E-state index contributed by atoms with van der Waals surface area (Å²) in [5, 5.41) is 2.74. The fourth-order valence-corrected chi connectivity index (χ4v) is 5.54. The van der Waals surface area contributed by atoms with E-state index in [2.05, 4.69) is 10.2 Å². The number of piperidine rings is 2. The highest BCUT2D eigenvalue weighted by Gasteiger charge is 2.38. The van der Waals surface area contributed by atoms with Crippen molar-refractivity contribution in [1.82, 2.24) is 20.0 Å². The lowest BCUT2D eigenvalue weighted by atomic mass is 9.83. The Balaban J connectivity index is 1.26. The van der Waals surface area contributed by atoms with Gasteiger partial charge in [0.25, 0.3) is 5.91 Å². The molecule has 0 bridgehead atoms. The zero-order valence-electron chi connectivity index (χ0n) is 19.8. The lowest BCUT2D eigenvalue weighted by Crippen LogP contribution is -2.51. The molecule has 4 amide bonds. The summed E-state index contributed by atoms with van der Waals surface area (Å²) in [7, 11) is 3.46. The van der Waals surface area contributed by atoms with E-state index in [-0.39, 0.29) is 24.8 Å². The predicted molar refractivity (Wildman–Crippen MR) is 125 cm³/mol. The molecule has 3 aliphatic heterocycles. The summed E-state index contributed by atoms with van der Waals surface area (Å²) in [6.45, 7) is 3.36. The molecular weight excluding hydrogens is 420 g/mol. The Labute approximate surface area is 196 Å². The standard InChI is InChI=1S/C25H36N4O4/c1-27(17-19-6-5-15-28-14-4-3-7-22(19)28)23(30)13-12-21-24(31)29(25(32)26-21)16-18-8-10-20(33-2)11-9-18/h8-11,19,21-22H,3-7,12-17H2,1-2H3,(H,26,32). The lowest BCUT2D eigenvalue weighted by Gasteiger charge is -2.45. The third-order valence-corrected chi connectivity index (χ3v) is 7.42. The second kappa shape index (κ2) is 10.5. The van der Waals surface area contributed by atoms with Crippen molar-refractivity contribution >= 4 is 17.8 Å². The maximum atomic E-state index is 12.8. The first kappa shape index (κ1) is 23.5. The van der Waals surface area contributed by atoms with Gasteiger partial charge in [-0.05, 0) is 68.8 Å². The molecule has 1 aromatic rings. The SMILES string of the molecule is COc1ccc(CN2C(=O)NC(CCC(=O)N(C)CC3CCCN4CCCCC34)C2=O)cc1. The van der Waals surface area contributed by atoms with Crippen molar-refractivity contribution in [3.05, 3.63) is 29.8 Å². The van der Waals surface area contributed by atoms with Crippen LogP contribution >= 0.6 is 0 Å². The van der Waals surface area contributed by atoms with Crippen LogP contribution in [0, 0.1) is 5.92 Å². The van der Waals surface area contributed by atoms with Gasteiger partial charge in [0.05, 0.1) is 13.7 Å². The number of fused-ring (bicyclic) bond motifs is 1. The van der Waals surface area contributed by atoms with Gasteiger partial charge < -0.3 is 19.9 Å². The maximum absolute atomic E-state index is 12.8. The molecule has 3 fully saturated rings. The Morgan fingerprint density at radius 3 is 2.64 bits per heavy atom. The summed E-state index contributed by atoms with van der Waals surface area (Å²) >= 11 is 0. The van der Waals surface area contributed by atoms with Crippen molar-refractivity contribution in [3.8, 4) is 5.75 Å². The highest BCUT2D eigenvalue weighted by molar-refractivity contribution is 6.04. The van der Waals surface area contributed by atoms with Gasteiger partial charge in [-0.1, -0.05) is 18.6 Å². The number of carbonyl (C=O) groups excluding carboxylic acids is 3. The number of carbonyl (C=O) groups is 3. The number of nitrogens with zero attached hydrogens (tertiary/aromatic N) is 3. The van der Waals surface area contributed by atoms with Gasteiger partial charge in [0.15, 0.2) is 0 Å². The molecule has 3 heterocycles. The van der Waals surface area contributed by atoms with Gasteiger partial charge in [0.2, 0.25) is 5.91 Å². The summed E-state index contributed by atoms with van der Waals surface area (Å²) in [6, 6.07) is 6.84. The van der Waals surface area contributed by atoms with Crippen molar-refractivity contribution in [1.29, 1.82) is 0 Å². The summed E-state index contributed by atoms with van der Waals surface area (Å²) < 4.78 is 5.15. The molecule has 0 radical (unpaired) electrons. The van der Waals surface area contributed by atoms with E-state index < -0.39 is 12.1 Å². The van der Waals surface area contributed by atoms with Crippen molar-refractivity contribution in [2.75, 3.05) is 33.8 Å². The molecule has 33 heavy (non-hydrogen) atoms. The van der Waals surface area contributed by atoms with E-state index in [4.69, 9.17) is 4.74 Å². The van der Waals surface area contributed by atoms with Crippen molar-refractivity contribution in [2.45, 2.75) is 63.6 Å². The minimum atomic E-state index is -0.642. The molecule has 180 valence electrons. The third-order valence-electron chi connectivity index (χ3n) is 7.42. The maximum Gasteiger partial charge on any atom is 0.325 e. The van der Waals surface area contributed by atoms with E-state index in [0.717, 1.165) is 17.9 Å². The van der Waals surface area contributed by atoms with E-state index in [1.807, 2.05) is 24.1 Å². The molecule has 8 heteroatoms. The molecule has 1 aromatic carbocycles. The molecule has 8 nitrogen and oxygen atoms in total. The summed E-state index contributed by atoms with van der Waals surface area (Å²) in [5.41, 5.74) is 0.847. The quantitative estimate of drug-likeness (QED) is 0.608. The Morgan fingerprint density at radius 2 is 1.88 bits per heavy atom. The van der Waals surface area contributed by atoms with Gasteiger partial charge in [0.1, 0.15) is 11.8 Å². The average Bonchev–Trinajstić information content (AvgIpc) is 3.10. The van der Waals surface area contributed by atoms with E-state index in [9.17, 15) is 14.4 Å². The second-order valence-corrected chi connectivity index (χ2v) is 9.59. The largest absolute Gasteiger partial charge is 0.497 e. The molecule has 0 spiro atoms. The van der Waals surface area contributed by atoms with Crippen LogP contribution in [0.15, 0.2) is 24.3 Å². The van der Waals surface area contributed by atoms with Gasteiger partial charge >= 0.3 is 6.03 Å². The molecule has 1 N–H and O–H groups in total. The molecule has 4 rings (SSSR count). The van der Waals surface area contributed by atoms with E-state index >= 15 is 0 Å². The summed E-state index contributed by atoms with van der Waals surface area (Å²) in [4.78, 5) is 43.6. The second-order valence-electron chi connectivity index (χ2n) is 9.59. The first-order chi connectivity index (χ1) is 16.0. The van der Waals surface area contributed by atoms with Crippen LogP contribution in [-0.4, -0.2) is 78.4 Å². The van der Waals surface area contributed by atoms with Crippen LogP contribution in [-0.2, 0) is 16.1 Å². The molecule has 0 aromatic heterocycles. The highest BCUT2D eigenvalue weighted by Crippen LogP contribution is 2.31. The number of benzene rings is 1. The number of urea groups is 1. The Kier molecular flexibility index (Phi) is 7.53. The Morgan fingerprint density at radius 1 is 1.12 bits per heavy atom. The lowest BCUT2D eigenvalue weighted by molar-refractivity contribution is -0.132. The molecule has 3 saturated heterocycles. The molecule has 3 atom stereocenters. The molecule has 3 aliphatic rings. The van der Waals surface area contributed by atoms with Crippen LogP contribution in [0.2, 0.25) is 0 Å². The molecule has 0 aliphatic carbocycles. The molecular formula is C25H36N4O4. The monoisotopic (exact) mass is 456 g/mol. The van der Waals surface area contributed by atoms with Crippen molar-refractivity contribution in [2.24, 2.45) is 5.92 Å². The molecule has 0 saturated carbocycles. The number of amides is 4. The van der Waals surface area contributed by atoms with E-state index in [1.54, 1.807) is 19.2 Å². The number of rotatable bonds is 8. The zero-order chi connectivity index (χ0) is 23.4. The van der Waals surface area contributed by atoms with Crippen molar-refractivity contribution in [3.63, 3.8) is 0 Å². The van der Waals surface area contributed by atoms with Gasteiger partial charge in [-0.2, -0.15) is 0 Å². The minimum absolute atomic E-state index is 0.0404. The number of hydrogen-bond acceptors (Lipinski definition) is 5. The first-order valence-electron chi connectivity index (χ1n) is 12.2. The highest BCUT2D eigenvalue weighted by atomic mass is 16.5. The zero-order valence-corrected chi connectivity index (χ0v) is 19.8. The third kappa shape index (κ3) is 5.49.